The Bertz CT molecular complexity index is 440. The Balaban J connectivity index is 2.05. The molecule has 1 saturated heterocycles. The summed E-state index contributed by atoms with van der Waals surface area (Å²) in [6.45, 7) is 4.56. The zero-order valence-electron chi connectivity index (χ0n) is 12.4. The first-order valence-electron chi connectivity index (χ1n) is 7.41. The van der Waals surface area contributed by atoms with Crippen molar-refractivity contribution < 1.29 is 9.53 Å². The SMILES string of the molecule is CCCNc1ccccc1C(=O)N1CCC(OC)CC1. The summed E-state index contributed by atoms with van der Waals surface area (Å²) in [5.74, 6) is 0.124. The van der Waals surface area contributed by atoms with E-state index in [0.717, 1.165) is 50.1 Å². The lowest BCUT2D eigenvalue weighted by Gasteiger charge is -2.31. The van der Waals surface area contributed by atoms with Gasteiger partial charge >= 0.3 is 0 Å². The van der Waals surface area contributed by atoms with Crippen LogP contribution in [-0.2, 0) is 4.74 Å². The van der Waals surface area contributed by atoms with E-state index in [-0.39, 0.29) is 5.91 Å². The maximum Gasteiger partial charge on any atom is 0.255 e. The molecule has 4 nitrogen and oxygen atoms in total. The Labute approximate surface area is 121 Å². The average Bonchev–Trinajstić information content (AvgIpc) is 2.52. The lowest BCUT2D eigenvalue weighted by atomic mass is 10.1. The number of methoxy groups -OCH3 is 1. The molecule has 1 aromatic rings. The van der Waals surface area contributed by atoms with E-state index >= 15 is 0 Å². The first-order valence-corrected chi connectivity index (χ1v) is 7.41. The van der Waals surface area contributed by atoms with Gasteiger partial charge < -0.3 is 15.0 Å². The highest BCUT2D eigenvalue weighted by Crippen LogP contribution is 2.20. The predicted molar refractivity (Wildman–Crippen MR) is 81.2 cm³/mol. The summed E-state index contributed by atoms with van der Waals surface area (Å²) in [7, 11) is 1.74. The number of piperidine rings is 1. The number of carbonyl (C=O) groups is 1. The highest BCUT2D eigenvalue weighted by atomic mass is 16.5. The Morgan fingerprint density at radius 3 is 2.70 bits per heavy atom. The molecule has 1 aromatic carbocycles. The van der Waals surface area contributed by atoms with Crippen LogP contribution in [0.5, 0.6) is 0 Å². The zero-order valence-corrected chi connectivity index (χ0v) is 12.4. The highest BCUT2D eigenvalue weighted by molar-refractivity contribution is 5.99. The Kier molecular flexibility index (Phi) is 5.41. The third-order valence-corrected chi connectivity index (χ3v) is 3.79. The number of ether oxygens (including phenoxy) is 1. The molecule has 1 fully saturated rings. The molecule has 110 valence electrons. The van der Waals surface area contributed by atoms with Gasteiger partial charge in [0.05, 0.1) is 11.7 Å². The minimum Gasteiger partial charge on any atom is -0.384 e. The number of nitrogens with zero attached hydrogens (tertiary/aromatic N) is 1. The van der Waals surface area contributed by atoms with E-state index in [0.29, 0.717) is 6.10 Å². The number of amides is 1. The van der Waals surface area contributed by atoms with Gasteiger partial charge in [0.1, 0.15) is 0 Å². The summed E-state index contributed by atoms with van der Waals surface area (Å²) in [6, 6.07) is 7.77. The van der Waals surface area contributed by atoms with Gasteiger partial charge in [-0.1, -0.05) is 19.1 Å². The van der Waals surface area contributed by atoms with Crippen LogP contribution in [-0.4, -0.2) is 43.7 Å². The van der Waals surface area contributed by atoms with Gasteiger partial charge in [0, 0.05) is 32.4 Å². The first-order chi connectivity index (χ1) is 9.76. The van der Waals surface area contributed by atoms with E-state index in [4.69, 9.17) is 4.74 Å². The Morgan fingerprint density at radius 1 is 1.35 bits per heavy atom. The second kappa shape index (κ2) is 7.29. The zero-order chi connectivity index (χ0) is 14.4. The molecule has 20 heavy (non-hydrogen) atoms. The molecule has 1 N–H and O–H groups in total. The van der Waals surface area contributed by atoms with Crippen molar-refractivity contribution in [2.45, 2.75) is 32.3 Å². The predicted octanol–water partition coefficient (Wildman–Crippen LogP) is 2.76. The van der Waals surface area contributed by atoms with Crippen LogP contribution >= 0.6 is 0 Å². The van der Waals surface area contributed by atoms with Crippen molar-refractivity contribution in [2.24, 2.45) is 0 Å². The molecular weight excluding hydrogens is 252 g/mol. The number of rotatable bonds is 5. The van der Waals surface area contributed by atoms with Crippen LogP contribution < -0.4 is 5.32 Å². The summed E-state index contributed by atoms with van der Waals surface area (Å²) >= 11 is 0. The lowest BCUT2D eigenvalue weighted by molar-refractivity contribution is 0.0351. The van der Waals surface area contributed by atoms with E-state index in [1.807, 2.05) is 29.2 Å². The Hall–Kier alpha value is -1.55. The maximum atomic E-state index is 12.6. The largest absolute Gasteiger partial charge is 0.384 e. The molecule has 0 saturated carbocycles. The van der Waals surface area contributed by atoms with Crippen LogP contribution in [0.2, 0.25) is 0 Å². The second-order valence-corrected chi connectivity index (χ2v) is 5.20. The molecule has 0 aromatic heterocycles. The summed E-state index contributed by atoms with van der Waals surface area (Å²) in [4.78, 5) is 14.6. The van der Waals surface area contributed by atoms with E-state index in [9.17, 15) is 4.79 Å². The van der Waals surface area contributed by atoms with Crippen LogP contribution in [0.1, 0.15) is 36.5 Å². The number of para-hydroxylation sites is 1. The summed E-state index contributed by atoms with van der Waals surface area (Å²) in [5, 5.41) is 3.33. The van der Waals surface area contributed by atoms with Gasteiger partial charge in [-0.05, 0) is 31.4 Å². The quantitative estimate of drug-likeness (QED) is 0.899. The highest BCUT2D eigenvalue weighted by Gasteiger charge is 2.24. The van der Waals surface area contributed by atoms with Gasteiger partial charge in [0.2, 0.25) is 0 Å². The number of likely N-dealkylation sites (tertiary alicyclic amines) is 1. The fourth-order valence-corrected chi connectivity index (χ4v) is 2.55. The lowest BCUT2D eigenvalue weighted by Crippen LogP contribution is -2.40. The van der Waals surface area contributed by atoms with Gasteiger partial charge in [-0.3, -0.25) is 4.79 Å². The molecule has 0 aliphatic carbocycles. The molecule has 1 aliphatic heterocycles. The first kappa shape index (κ1) is 14.9. The molecule has 0 radical (unpaired) electrons. The number of nitrogens with one attached hydrogen (secondary N) is 1. The van der Waals surface area contributed by atoms with Crippen molar-refractivity contribution >= 4 is 11.6 Å². The van der Waals surface area contributed by atoms with Crippen LogP contribution in [0, 0.1) is 0 Å². The Morgan fingerprint density at radius 2 is 2.05 bits per heavy atom. The summed E-state index contributed by atoms with van der Waals surface area (Å²) in [5.41, 5.74) is 1.71. The van der Waals surface area contributed by atoms with Gasteiger partial charge in [0.25, 0.3) is 5.91 Å². The van der Waals surface area contributed by atoms with Crippen molar-refractivity contribution in [2.75, 3.05) is 32.1 Å². The van der Waals surface area contributed by atoms with Crippen LogP contribution in [0.15, 0.2) is 24.3 Å². The van der Waals surface area contributed by atoms with Crippen LogP contribution in [0.25, 0.3) is 0 Å². The van der Waals surface area contributed by atoms with E-state index in [1.165, 1.54) is 0 Å². The molecule has 1 amide bonds. The number of hydrogen-bond acceptors (Lipinski definition) is 3. The van der Waals surface area contributed by atoms with Crippen molar-refractivity contribution in [3.05, 3.63) is 29.8 Å². The van der Waals surface area contributed by atoms with E-state index in [2.05, 4.69) is 12.2 Å². The van der Waals surface area contributed by atoms with Crippen molar-refractivity contribution in [3.63, 3.8) is 0 Å². The van der Waals surface area contributed by atoms with E-state index in [1.54, 1.807) is 7.11 Å². The van der Waals surface area contributed by atoms with Crippen LogP contribution in [0.4, 0.5) is 5.69 Å². The molecule has 1 aliphatic rings. The fourth-order valence-electron chi connectivity index (χ4n) is 2.55. The van der Waals surface area contributed by atoms with Gasteiger partial charge in [-0.2, -0.15) is 0 Å². The topological polar surface area (TPSA) is 41.6 Å². The molecule has 0 unspecified atom stereocenters. The van der Waals surface area contributed by atoms with Crippen molar-refractivity contribution in [1.29, 1.82) is 0 Å². The summed E-state index contributed by atoms with van der Waals surface area (Å²) < 4.78 is 5.35. The van der Waals surface area contributed by atoms with Gasteiger partial charge in [-0.15, -0.1) is 0 Å². The number of anilines is 1. The number of hydrogen-bond donors (Lipinski definition) is 1. The average molecular weight is 276 g/mol. The molecule has 0 atom stereocenters. The maximum absolute atomic E-state index is 12.6. The molecule has 1 heterocycles. The fraction of sp³-hybridized carbons (Fsp3) is 0.562. The van der Waals surface area contributed by atoms with Crippen molar-refractivity contribution in [1.82, 2.24) is 4.90 Å². The van der Waals surface area contributed by atoms with Gasteiger partial charge in [-0.25, -0.2) is 0 Å². The normalized spacial score (nSPS) is 16.2. The number of carbonyl (C=O) groups excluding carboxylic acids is 1. The molecule has 4 heteroatoms. The van der Waals surface area contributed by atoms with E-state index < -0.39 is 0 Å². The smallest absolute Gasteiger partial charge is 0.255 e. The standard InChI is InChI=1S/C16H24N2O2/c1-3-10-17-15-7-5-4-6-14(15)16(19)18-11-8-13(20-2)9-12-18/h4-7,13,17H,3,8-12H2,1-2H3. The van der Waals surface area contributed by atoms with Crippen molar-refractivity contribution in [3.8, 4) is 0 Å². The monoisotopic (exact) mass is 276 g/mol. The third-order valence-electron chi connectivity index (χ3n) is 3.79. The van der Waals surface area contributed by atoms with Gasteiger partial charge in [0.15, 0.2) is 0 Å². The molecule has 2 rings (SSSR count). The molecule has 0 bridgehead atoms. The summed E-state index contributed by atoms with van der Waals surface area (Å²) in [6.07, 6.45) is 3.19. The third kappa shape index (κ3) is 3.51. The molecular formula is C16H24N2O2. The minimum atomic E-state index is 0.124. The molecule has 0 spiro atoms. The van der Waals surface area contributed by atoms with Crippen LogP contribution in [0.3, 0.4) is 0 Å². The minimum absolute atomic E-state index is 0.124. The second-order valence-electron chi connectivity index (χ2n) is 5.20. The number of benzene rings is 1.